The molecule has 2 unspecified atom stereocenters. The van der Waals surface area contributed by atoms with E-state index in [0.717, 1.165) is 6.16 Å². The van der Waals surface area contributed by atoms with Gasteiger partial charge in [-0.15, -0.1) is 8.58 Å². The van der Waals surface area contributed by atoms with Gasteiger partial charge in [0, 0.05) is 26.0 Å². The summed E-state index contributed by atoms with van der Waals surface area (Å²) in [5.41, 5.74) is 4.09. The Morgan fingerprint density at radius 3 is 1.72 bits per heavy atom. The van der Waals surface area contributed by atoms with Gasteiger partial charge < -0.3 is 44.8 Å². The van der Waals surface area contributed by atoms with Gasteiger partial charge in [0.1, 0.15) is 26.4 Å². The number of halogens is 1. The summed E-state index contributed by atoms with van der Waals surface area (Å²) in [7, 11) is -1.14. The Balaban J connectivity index is 5.29. The van der Waals surface area contributed by atoms with E-state index in [1.165, 1.54) is 0 Å². The number of rotatable bonds is 35. The normalized spacial score (nSPS) is 13.0. The number of hydrogen-bond donors (Lipinski definition) is 4. The van der Waals surface area contributed by atoms with Crippen molar-refractivity contribution in [3.8, 4) is 0 Å². The fraction of sp³-hybridized carbons (Fsp3) is 0.829. The molecule has 0 aromatic carbocycles. The molecule has 2 atom stereocenters. The number of esters is 3. The van der Waals surface area contributed by atoms with E-state index in [1.54, 1.807) is 13.8 Å². The molecule has 16 nitrogen and oxygen atoms in total. The van der Waals surface area contributed by atoms with E-state index in [0.29, 0.717) is 47.3 Å². The molecule has 5 N–H and O–H groups in total. The molecule has 0 saturated carbocycles. The first-order valence-electron chi connectivity index (χ1n) is 20.7. The number of amidine groups is 1. The average Bonchev–Trinajstić information content (AvgIpc) is 3.18. The lowest BCUT2D eigenvalue weighted by molar-refractivity contribution is -0.170. The van der Waals surface area contributed by atoms with Crippen LogP contribution in [0.1, 0.15) is 87.0 Å². The van der Waals surface area contributed by atoms with Crippen LogP contribution in [0.25, 0.3) is 0 Å². The lowest BCUT2D eigenvalue weighted by Crippen LogP contribution is -2.47. The smallest absolute Gasteiger partial charge is 0.315 e. The maximum absolute atomic E-state index is 13.3. The molecule has 0 aliphatic rings. The van der Waals surface area contributed by atoms with Crippen LogP contribution in [0.3, 0.4) is 0 Å². The minimum absolute atomic E-state index is 0.0639. The van der Waals surface area contributed by atoms with Crippen LogP contribution >= 0.6 is 47.0 Å². The number of alkyl halides is 1. The van der Waals surface area contributed by atoms with Gasteiger partial charge in [0.05, 0.1) is 63.6 Å². The minimum Gasteiger partial charge on any atom is -0.464 e. The second-order valence-corrected chi connectivity index (χ2v) is 25.8. The Kier molecular flexibility index (Phi) is 29.7. The molecule has 0 spiro atoms. The van der Waals surface area contributed by atoms with Crippen LogP contribution in [-0.4, -0.2) is 166 Å². The highest BCUT2D eigenvalue weighted by Crippen LogP contribution is 2.45. The summed E-state index contributed by atoms with van der Waals surface area (Å²) in [6.45, 7) is 20.6. The number of ether oxygens (including phenoxy) is 6. The van der Waals surface area contributed by atoms with E-state index < -0.39 is 66.6 Å². The zero-order valence-electron chi connectivity index (χ0n) is 38.6. The van der Waals surface area contributed by atoms with Gasteiger partial charge in [-0.05, 0) is 93.6 Å². The molecule has 0 radical (unpaired) electrons. The molecule has 0 aliphatic heterocycles. The third-order valence-corrected chi connectivity index (χ3v) is 17.2. The van der Waals surface area contributed by atoms with Crippen LogP contribution in [0.15, 0.2) is 0 Å². The first-order valence-corrected chi connectivity index (χ1v) is 27.9. The molecule has 0 bridgehead atoms. The van der Waals surface area contributed by atoms with Crippen LogP contribution < -0.4 is 16.4 Å². The second-order valence-electron chi connectivity index (χ2n) is 17.0. The van der Waals surface area contributed by atoms with Crippen molar-refractivity contribution in [2.24, 2.45) is 11.1 Å². The maximum Gasteiger partial charge on any atom is 0.315 e. The van der Waals surface area contributed by atoms with Gasteiger partial charge in [0.15, 0.2) is 5.78 Å². The Labute approximate surface area is 382 Å². The number of unbranched alkanes of at least 4 members (excludes halogenated alkanes) is 1. The van der Waals surface area contributed by atoms with Crippen molar-refractivity contribution < 1.29 is 57.2 Å². The zero-order chi connectivity index (χ0) is 46.9. The Morgan fingerprint density at radius 1 is 0.705 bits per heavy atom. The van der Waals surface area contributed by atoms with Gasteiger partial charge in [0.2, 0.25) is 11.8 Å². The third-order valence-electron chi connectivity index (χ3n) is 10.2. The minimum atomic E-state index is -1.31. The van der Waals surface area contributed by atoms with Crippen molar-refractivity contribution in [2.45, 2.75) is 109 Å². The van der Waals surface area contributed by atoms with Gasteiger partial charge in [-0.3, -0.25) is 34.2 Å². The van der Waals surface area contributed by atoms with Crippen LogP contribution in [-0.2, 0) is 57.2 Å². The van der Waals surface area contributed by atoms with Crippen LogP contribution in [0, 0.1) is 10.8 Å². The summed E-state index contributed by atoms with van der Waals surface area (Å²) < 4.78 is 34.9. The molecular formula is C41H76IN4O12P3. The number of carbonyl (C=O) groups excluding carboxylic acids is 6. The lowest BCUT2D eigenvalue weighted by Gasteiger charge is -2.36. The quantitative estimate of drug-likeness (QED) is 0.00953. The zero-order valence-corrected chi connectivity index (χ0v) is 43.5. The van der Waals surface area contributed by atoms with Crippen molar-refractivity contribution in [3.05, 3.63) is 0 Å². The largest absolute Gasteiger partial charge is 0.464 e. The van der Waals surface area contributed by atoms with E-state index in [-0.39, 0.29) is 87.8 Å². The summed E-state index contributed by atoms with van der Waals surface area (Å²) in [5.74, 6) is -1.93. The standard InChI is InChI=1S/C41H76IN4O12P3/c1-12-59-38(2,3)35(50)56-27-41(28-57-36(51)39(4,5)60(8)9,29-58-37(52)40(6,7)61(10)11)26-55-25-34(49)45-19-21-54-23-22-53-20-15-17-31(47)30(46-33(48)24-42)16-13-14-18-32(43)44/h30,59H,12-29H2,1-11H3,(H3,43,44)(H,45,49)(H,46,48). The average molecular weight is 1040 g/mol. The molecule has 0 aliphatic carbocycles. The van der Waals surface area contributed by atoms with Gasteiger partial charge in [-0.1, -0.05) is 51.8 Å². The fourth-order valence-corrected chi connectivity index (χ4v) is 7.23. The van der Waals surface area contributed by atoms with E-state index in [4.69, 9.17) is 39.6 Å². The molecule has 2 amide bonds. The van der Waals surface area contributed by atoms with Gasteiger partial charge in [-0.25, -0.2) is 0 Å². The molecular weight excluding hydrogens is 960 g/mol. The monoisotopic (exact) mass is 1040 g/mol. The molecule has 0 rings (SSSR count). The number of ketones is 1. The van der Waals surface area contributed by atoms with Crippen LogP contribution in [0.5, 0.6) is 0 Å². The summed E-state index contributed by atoms with van der Waals surface area (Å²) in [6.07, 6.45) is 3.82. The number of nitrogens with two attached hydrogens (primary N) is 1. The molecule has 0 aromatic rings. The number of nitrogens with one attached hydrogen (secondary N) is 3. The summed E-state index contributed by atoms with van der Waals surface area (Å²) in [5, 5.41) is 10.6. The SMILES string of the molecule is CCPC(C)(C)C(=O)OCC(COCC(=O)NCCOCCOCCCC(=O)C(CCCCC(=N)N)NC(=O)CI)(COC(=O)C(C)(C)P(C)C)COC(=O)C(C)(C)P(C)C. The van der Waals surface area contributed by atoms with Crippen molar-refractivity contribution in [2.75, 3.05) is 103 Å². The van der Waals surface area contributed by atoms with E-state index in [2.05, 4.69) is 10.6 Å². The van der Waals surface area contributed by atoms with Gasteiger partial charge in [-0.2, -0.15) is 0 Å². The van der Waals surface area contributed by atoms with Crippen molar-refractivity contribution in [1.29, 1.82) is 5.41 Å². The molecule has 0 saturated heterocycles. The molecule has 20 heteroatoms. The molecule has 61 heavy (non-hydrogen) atoms. The number of hydrogen-bond acceptors (Lipinski definition) is 13. The van der Waals surface area contributed by atoms with Crippen molar-refractivity contribution >= 4 is 88.4 Å². The van der Waals surface area contributed by atoms with Crippen molar-refractivity contribution in [3.63, 3.8) is 0 Å². The highest BCUT2D eigenvalue weighted by Gasteiger charge is 2.43. The van der Waals surface area contributed by atoms with E-state index in [9.17, 15) is 28.8 Å². The number of carbonyl (C=O) groups is 6. The van der Waals surface area contributed by atoms with Crippen LogP contribution in [0.4, 0.5) is 0 Å². The fourth-order valence-electron chi connectivity index (χ4n) is 5.05. The first kappa shape index (κ1) is 59.4. The van der Waals surface area contributed by atoms with Crippen LogP contribution in [0.2, 0.25) is 0 Å². The topological polar surface area (TPSA) is 232 Å². The maximum atomic E-state index is 13.3. The number of Topliss-reactive ketones (excluding diaryl/α,β-unsaturated/α-hetero) is 1. The Hall–Kier alpha value is -1.61. The van der Waals surface area contributed by atoms with Gasteiger partial charge >= 0.3 is 17.9 Å². The predicted octanol–water partition coefficient (Wildman–Crippen LogP) is 5.05. The van der Waals surface area contributed by atoms with E-state index in [1.807, 2.05) is 83.9 Å². The Morgan fingerprint density at radius 2 is 1.23 bits per heavy atom. The molecule has 0 heterocycles. The van der Waals surface area contributed by atoms with E-state index >= 15 is 0 Å². The highest BCUT2D eigenvalue weighted by molar-refractivity contribution is 14.1. The summed E-state index contributed by atoms with van der Waals surface area (Å²) in [4.78, 5) is 77.4. The third kappa shape index (κ3) is 24.3. The number of amides is 2. The lowest BCUT2D eigenvalue weighted by atomic mass is 9.91. The molecule has 0 fully saturated rings. The Bertz CT molecular complexity index is 1370. The highest BCUT2D eigenvalue weighted by atomic mass is 127. The summed E-state index contributed by atoms with van der Waals surface area (Å²) >= 11 is 1.95. The molecule has 354 valence electrons. The van der Waals surface area contributed by atoms with Crippen molar-refractivity contribution in [1.82, 2.24) is 10.6 Å². The predicted molar refractivity (Wildman–Crippen MR) is 255 cm³/mol. The molecule has 0 aromatic heterocycles. The van der Waals surface area contributed by atoms with Gasteiger partial charge in [0.25, 0.3) is 0 Å². The first-order chi connectivity index (χ1) is 28.4. The second kappa shape index (κ2) is 30.5. The summed E-state index contributed by atoms with van der Waals surface area (Å²) in [6, 6.07) is -0.575.